The van der Waals surface area contributed by atoms with Gasteiger partial charge in [0.2, 0.25) is 5.91 Å². The lowest BCUT2D eigenvalue weighted by Crippen LogP contribution is -2.23. The summed E-state index contributed by atoms with van der Waals surface area (Å²) in [5, 5.41) is 5.81. The summed E-state index contributed by atoms with van der Waals surface area (Å²) < 4.78 is 5.19. The van der Waals surface area contributed by atoms with E-state index in [1.807, 2.05) is 29.6 Å². The molecule has 0 atom stereocenters. The van der Waals surface area contributed by atoms with Gasteiger partial charge >= 0.3 is 0 Å². The number of nitrogens with zero attached hydrogens (tertiary/aromatic N) is 1. The molecule has 0 fully saturated rings. The molecule has 1 N–H and O–H groups in total. The van der Waals surface area contributed by atoms with E-state index in [4.69, 9.17) is 4.74 Å². The highest BCUT2D eigenvalue weighted by Gasteiger charge is 2.13. The van der Waals surface area contributed by atoms with Gasteiger partial charge in [-0.2, -0.15) is 0 Å². The standard InChI is InChI=1S/C22H22N2O3S/c1-27-20-10-6-5-9-18(20)19(25)11-12-21(26)23-14-17-15-28-22(24-17)13-16-7-3-2-4-8-16/h2-10,15H,11-14H2,1H3,(H,23,26). The molecule has 1 aromatic heterocycles. The van der Waals surface area contributed by atoms with Crippen molar-refractivity contribution in [2.45, 2.75) is 25.8 Å². The Hall–Kier alpha value is -2.99. The van der Waals surface area contributed by atoms with E-state index >= 15 is 0 Å². The first-order chi connectivity index (χ1) is 13.7. The maximum Gasteiger partial charge on any atom is 0.220 e. The third-order valence-corrected chi connectivity index (χ3v) is 5.15. The maximum atomic E-state index is 12.3. The maximum absolute atomic E-state index is 12.3. The molecular weight excluding hydrogens is 372 g/mol. The number of ketones is 1. The highest BCUT2D eigenvalue weighted by Crippen LogP contribution is 2.19. The lowest BCUT2D eigenvalue weighted by molar-refractivity contribution is -0.121. The smallest absolute Gasteiger partial charge is 0.220 e. The second-order valence-electron chi connectivity index (χ2n) is 6.30. The normalized spacial score (nSPS) is 10.5. The highest BCUT2D eigenvalue weighted by atomic mass is 32.1. The van der Waals surface area contributed by atoms with Crippen molar-refractivity contribution >= 4 is 23.0 Å². The summed E-state index contributed by atoms with van der Waals surface area (Å²) in [7, 11) is 1.53. The number of Topliss-reactive ketones (excluding diaryl/α,β-unsaturated/α-hetero) is 1. The monoisotopic (exact) mass is 394 g/mol. The number of hydrogen-bond donors (Lipinski definition) is 1. The van der Waals surface area contributed by atoms with Crippen LogP contribution >= 0.6 is 11.3 Å². The molecule has 2 aromatic carbocycles. The first-order valence-electron chi connectivity index (χ1n) is 9.06. The molecule has 0 aliphatic rings. The largest absolute Gasteiger partial charge is 0.496 e. The Labute approximate surface area is 168 Å². The van der Waals surface area contributed by atoms with E-state index in [9.17, 15) is 9.59 Å². The summed E-state index contributed by atoms with van der Waals surface area (Å²) in [4.78, 5) is 29.0. The number of methoxy groups -OCH3 is 1. The van der Waals surface area contributed by atoms with Gasteiger partial charge in [-0.05, 0) is 17.7 Å². The van der Waals surface area contributed by atoms with E-state index in [2.05, 4.69) is 22.4 Å². The third kappa shape index (κ3) is 5.50. The number of nitrogens with one attached hydrogen (secondary N) is 1. The molecular formula is C22H22N2O3S. The molecule has 0 radical (unpaired) electrons. The van der Waals surface area contributed by atoms with Crippen LogP contribution in [0.25, 0.3) is 0 Å². The average molecular weight is 394 g/mol. The van der Waals surface area contributed by atoms with Gasteiger partial charge in [-0.25, -0.2) is 4.98 Å². The number of aromatic nitrogens is 1. The van der Waals surface area contributed by atoms with E-state index in [1.165, 1.54) is 12.7 Å². The van der Waals surface area contributed by atoms with Crippen molar-refractivity contribution in [1.29, 1.82) is 0 Å². The van der Waals surface area contributed by atoms with Crippen LogP contribution in [0.15, 0.2) is 60.0 Å². The van der Waals surface area contributed by atoms with Crippen molar-refractivity contribution in [3.05, 3.63) is 81.8 Å². The van der Waals surface area contributed by atoms with Crippen LogP contribution in [0, 0.1) is 0 Å². The molecule has 0 saturated heterocycles. The van der Waals surface area contributed by atoms with Crippen molar-refractivity contribution in [1.82, 2.24) is 10.3 Å². The summed E-state index contributed by atoms with van der Waals surface area (Å²) in [5.41, 5.74) is 2.55. The van der Waals surface area contributed by atoms with Crippen LogP contribution in [0.4, 0.5) is 0 Å². The number of carbonyl (C=O) groups is 2. The topological polar surface area (TPSA) is 68.3 Å². The van der Waals surface area contributed by atoms with Gasteiger partial charge in [-0.15, -0.1) is 11.3 Å². The number of rotatable bonds is 9. The van der Waals surface area contributed by atoms with E-state index in [-0.39, 0.29) is 24.5 Å². The van der Waals surface area contributed by atoms with Crippen LogP contribution < -0.4 is 10.1 Å². The van der Waals surface area contributed by atoms with Crippen LogP contribution in [0.5, 0.6) is 5.75 Å². The van der Waals surface area contributed by atoms with Gasteiger partial charge in [0.05, 0.1) is 29.9 Å². The van der Waals surface area contributed by atoms with Crippen LogP contribution in [-0.2, 0) is 17.8 Å². The molecule has 1 heterocycles. The first-order valence-corrected chi connectivity index (χ1v) is 9.94. The van der Waals surface area contributed by atoms with E-state index < -0.39 is 0 Å². The predicted molar refractivity (Wildman–Crippen MR) is 110 cm³/mol. The van der Waals surface area contributed by atoms with Crippen molar-refractivity contribution in [2.24, 2.45) is 0 Å². The number of hydrogen-bond acceptors (Lipinski definition) is 5. The number of para-hydroxylation sites is 1. The average Bonchev–Trinajstić information content (AvgIpc) is 3.18. The molecule has 0 bridgehead atoms. The molecule has 0 spiro atoms. The molecule has 0 aliphatic carbocycles. The number of benzene rings is 2. The van der Waals surface area contributed by atoms with Gasteiger partial charge in [-0.1, -0.05) is 42.5 Å². The first kappa shape index (κ1) is 19.8. The zero-order valence-corrected chi connectivity index (χ0v) is 16.5. The molecule has 3 aromatic rings. The van der Waals surface area contributed by atoms with E-state index in [0.717, 1.165) is 17.1 Å². The molecule has 0 aliphatic heterocycles. The van der Waals surface area contributed by atoms with Gasteiger partial charge in [0.1, 0.15) is 5.75 Å². The van der Waals surface area contributed by atoms with E-state index in [0.29, 0.717) is 17.9 Å². The highest BCUT2D eigenvalue weighted by molar-refractivity contribution is 7.09. The fourth-order valence-corrected chi connectivity index (χ4v) is 3.62. The summed E-state index contributed by atoms with van der Waals surface area (Å²) >= 11 is 1.59. The molecule has 1 amide bonds. The number of thiazole rings is 1. The Kier molecular flexibility index (Phi) is 6.92. The van der Waals surface area contributed by atoms with Crippen LogP contribution in [0.3, 0.4) is 0 Å². The van der Waals surface area contributed by atoms with Gasteiger partial charge in [0.15, 0.2) is 5.78 Å². The van der Waals surface area contributed by atoms with Crippen molar-refractivity contribution in [3.8, 4) is 5.75 Å². The molecule has 0 saturated carbocycles. The lowest BCUT2D eigenvalue weighted by Gasteiger charge is -2.07. The summed E-state index contributed by atoms with van der Waals surface area (Å²) in [6.45, 7) is 0.368. The Morgan fingerprint density at radius 3 is 2.57 bits per heavy atom. The van der Waals surface area contributed by atoms with Crippen LogP contribution in [0.1, 0.15) is 39.5 Å². The zero-order chi connectivity index (χ0) is 19.8. The van der Waals surface area contributed by atoms with E-state index in [1.54, 1.807) is 29.5 Å². The van der Waals surface area contributed by atoms with Gasteiger partial charge in [-0.3, -0.25) is 9.59 Å². The van der Waals surface area contributed by atoms with Gasteiger partial charge in [0.25, 0.3) is 0 Å². The van der Waals surface area contributed by atoms with Crippen LogP contribution in [-0.4, -0.2) is 23.8 Å². The minimum absolute atomic E-state index is 0.105. The van der Waals surface area contributed by atoms with Crippen LogP contribution in [0.2, 0.25) is 0 Å². The fraction of sp³-hybridized carbons (Fsp3) is 0.227. The zero-order valence-electron chi connectivity index (χ0n) is 15.7. The lowest BCUT2D eigenvalue weighted by atomic mass is 10.1. The fourth-order valence-electron chi connectivity index (χ4n) is 2.80. The molecule has 0 unspecified atom stereocenters. The Bertz CT molecular complexity index is 938. The second-order valence-corrected chi connectivity index (χ2v) is 7.24. The summed E-state index contributed by atoms with van der Waals surface area (Å²) in [6, 6.07) is 17.2. The molecule has 28 heavy (non-hydrogen) atoms. The van der Waals surface area contributed by atoms with Crippen molar-refractivity contribution < 1.29 is 14.3 Å². The number of amides is 1. The molecule has 6 heteroatoms. The van der Waals surface area contributed by atoms with Crippen molar-refractivity contribution in [3.63, 3.8) is 0 Å². The predicted octanol–water partition coefficient (Wildman–Crippen LogP) is 4.02. The Balaban J connectivity index is 1.45. The summed E-state index contributed by atoms with van der Waals surface area (Å²) in [5.74, 6) is 0.258. The molecule has 144 valence electrons. The minimum atomic E-state index is -0.166. The minimum Gasteiger partial charge on any atom is -0.496 e. The van der Waals surface area contributed by atoms with Gasteiger partial charge in [0, 0.05) is 24.6 Å². The summed E-state index contributed by atoms with van der Waals surface area (Å²) in [6.07, 6.45) is 1.06. The number of carbonyl (C=O) groups excluding carboxylic acids is 2. The quantitative estimate of drug-likeness (QED) is 0.557. The SMILES string of the molecule is COc1ccccc1C(=O)CCC(=O)NCc1csc(Cc2ccccc2)n1. The Morgan fingerprint density at radius 1 is 1.04 bits per heavy atom. The second kappa shape index (κ2) is 9.80. The van der Waals surface area contributed by atoms with Crippen molar-refractivity contribution in [2.75, 3.05) is 7.11 Å². The number of ether oxygens (including phenoxy) is 1. The molecule has 3 rings (SSSR count). The van der Waals surface area contributed by atoms with Gasteiger partial charge < -0.3 is 10.1 Å². The Morgan fingerprint density at radius 2 is 1.79 bits per heavy atom. The third-order valence-electron chi connectivity index (χ3n) is 4.25. The molecule has 5 nitrogen and oxygen atoms in total.